The molecule has 0 spiro atoms. The fraction of sp³-hybridized carbons (Fsp3) is 0.211. The first-order valence-electron chi connectivity index (χ1n) is 8.03. The Morgan fingerprint density at radius 2 is 1.92 bits per heavy atom. The number of amides is 1. The molecule has 4 nitrogen and oxygen atoms in total. The molecule has 0 bridgehead atoms. The lowest BCUT2D eigenvalue weighted by atomic mass is 10.1. The van der Waals surface area contributed by atoms with Crippen LogP contribution in [0.25, 0.3) is 21.8 Å². The van der Waals surface area contributed by atoms with Gasteiger partial charge in [0.1, 0.15) is 0 Å². The lowest BCUT2D eigenvalue weighted by molar-refractivity contribution is -0.113. The van der Waals surface area contributed by atoms with E-state index in [1.807, 2.05) is 6.92 Å². The van der Waals surface area contributed by atoms with E-state index in [9.17, 15) is 4.79 Å². The number of aryl methyl sites for hydroxylation is 1. The van der Waals surface area contributed by atoms with Crippen molar-refractivity contribution in [1.29, 1.82) is 0 Å². The van der Waals surface area contributed by atoms with Crippen LogP contribution in [0.5, 0.6) is 0 Å². The summed E-state index contributed by atoms with van der Waals surface area (Å²) >= 11 is 1.51. The maximum atomic E-state index is 11.5. The number of para-hydroxylation sites is 1. The van der Waals surface area contributed by atoms with E-state index < -0.39 is 0 Å². The second-order valence-corrected chi connectivity index (χ2v) is 6.90. The fourth-order valence-corrected chi connectivity index (χ4v) is 4.58. The number of nitrogens with two attached hydrogens (primary N) is 1. The van der Waals surface area contributed by atoms with Gasteiger partial charge in [-0.05, 0) is 38.1 Å². The molecule has 2 N–H and O–H groups in total. The summed E-state index contributed by atoms with van der Waals surface area (Å²) in [6, 6.07) is 15.0. The Kier molecular flexibility index (Phi) is 3.53. The van der Waals surface area contributed by atoms with Crippen molar-refractivity contribution in [2.45, 2.75) is 20.4 Å². The number of thioether (sulfide) groups is 1. The van der Waals surface area contributed by atoms with Crippen LogP contribution < -0.4 is 10.6 Å². The molecular formula is C19H19N3OS. The number of hydrogen-bond acceptors (Lipinski definition) is 3. The summed E-state index contributed by atoms with van der Waals surface area (Å²) in [4.78, 5) is 14.3. The summed E-state index contributed by atoms with van der Waals surface area (Å²) in [6.45, 7) is 5.07. The van der Waals surface area contributed by atoms with Gasteiger partial charge < -0.3 is 15.2 Å². The van der Waals surface area contributed by atoms with Gasteiger partial charge in [0, 0.05) is 39.7 Å². The van der Waals surface area contributed by atoms with Crippen LogP contribution in [0.15, 0.2) is 53.1 Å². The standard InChI is InChI=1S/C19H19N3OS/c1-3-21-16-7-5-4-6-14(16)15-10-13(8-9-17(15)21)22-11-24-18(12(22)2)19(20)23/h4-10H,3,11H2,1-2H3,(H2,20,23). The molecule has 1 aromatic heterocycles. The van der Waals surface area contributed by atoms with E-state index in [1.54, 1.807) is 0 Å². The molecule has 1 amide bonds. The van der Waals surface area contributed by atoms with Crippen molar-refractivity contribution in [3.05, 3.63) is 53.1 Å². The van der Waals surface area contributed by atoms with Crippen LogP contribution in [0.1, 0.15) is 13.8 Å². The van der Waals surface area contributed by atoms with E-state index in [0.717, 1.165) is 23.8 Å². The van der Waals surface area contributed by atoms with Crippen LogP contribution in [-0.2, 0) is 11.3 Å². The van der Waals surface area contributed by atoms with Crippen LogP contribution in [0, 0.1) is 0 Å². The third-order valence-corrected chi connectivity index (χ3v) is 5.85. The molecule has 0 aliphatic carbocycles. The SMILES string of the molecule is CCn1c2ccccc2c2cc(N3CSC(C(N)=O)=C3C)ccc21. The summed E-state index contributed by atoms with van der Waals surface area (Å²) in [5.41, 5.74) is 10.0. The molecule has 1 aliphatic rings. The number of fused-ring (bicyclic) bond motifs is 3. The smallest absolute Gasteiger partial charge is 0.256 e. The Bertz CT molecular complexity index is 1000. The van der Waals surface area contributed by atoms with Gasteiger partial charge in [-0.3, -0.25) is 4.79 Å². The molecular weight excluding hydrogens is 318 g/mol. The topological polar surface area (TPSA) is 51.3 Å². The molecule has 2 aromatic carbocycles. The largest absolute Gasteiger partial charge is 0.365 e. The first-order chi connectivity index (χ1) is 11.6. The van der Waals surface area contributed by atoms with E-state index >= 15 is 0 Å². The number of carbonyl (C=O) groups excluding carboxylic acids is 1. The van der Waals surface area contributed by atoms with Gasteiger partial charge in [-0.1, -0.05) is 30.0 Å². The van der Waals surface area contributed by atoms with Gasteiger partial charge >= 0.3 is 0 Å². The molecule has 24 heavy (non-hydrogen) atoms. The highest BCUT2D eigenvalue weighted by Crippen LogP contribution is 2.38. The summed E-state index contributed by atoms with van der Waals surface area (Å²) in [5, 5.41) is 2.51. The molecule has 122 valence electrons. The van der Waals surface area contributed by atoms with Crippen molar-refractivity contribution in [1.82, 2.24) is 4.57 Å². The first-order valence-corrected chi connectivity index (χ1v) is 9.02. The van der Waals surface area contributed by atoms with Crippen molar-refractivity contribution in [2.75, 3.05) is 10.8 Å². The summed E-state index contributed by atoms with van der Waals surface area (Å²) in [7, 11) is 0. The van der Waals surface area contributed by atoms with Crippen LogP contribution >= 0.6 is 11.8 Å². The molecule has 4 rings (SSSR count). The van der Waals surface area contributed by atoms with Crippen LogP contribution in [0.4, 0.5) is 5.69 Å². The normalized spacial score (nSPS) is 15.0. The number of hydrogen-bond donors (Lipinski definition) is 1. The molecule has 0 atom stereocenters. The van der Waals surface area contributed by atoms with Crippen LogP contribution in [0.3, 0.4) is 0 Å². The monoisotopic (exact) mass is 337 g/mol. The Hall–Kier alpha value is -2.40. The lowest BCUT2D eigenvalue weighted by Gasteiger charge is -2.19. The first kappa shape index (κ1) is 15.1. The minimum atomic E-state index is -0.344. The number of rotatable bonds is 3. The predicted octanol–water partition coefficient (Wildman–Crippen LogP) is 4.04. The number of anilines is 1. The lowest BCUT2D eigenvalue weighted by Crippen LogP contribution is -2.17. The quantitative estimate of drug-likeness (QED) is 0.785. The van der Waals surface area contributed by atoms with Crippen molar-refractivity contribution >= 4 is 45.2 Å². The molecule has 3 aromatic rings. The van der Waals surface area contributed by atoms with Gasteiger partial charge in [0.05, 0.1) is 10.8 Å². The molecule has 0 saturated heterocycles. The van der Waals surface area contributed by atoms with Gasteiger partial charge in [0.15, 0.2) is 0 Å². The highest BCUT2D eigenvalue weighted by molar-refractivity contribution is 8.04. The van der Waals surface area contributed by atoms with Gasteiger partial charge in [0.2, 0.25) is 0 Å². The minimum absolute atomic E-state index is 0.344. The van der Waals surface area contributed by atoms with Crippen LogP contribution in [0.2, 0.25) is 0 Å². The molecule has 1 aliphatic heterocycles. The summed E-state index contributed by atoms with van der Waals surface area (Å²) < 4.78 is 2.34. The zero-order valence-electron chi connectivity index (χ0n) is 13.7. The maximum Gasteiger partial charge on any atom is 0.256 e. The van der Waals surface area contributed by atoms with E-state index in [4.69, 9.17) is 5.73 Å². The Morgan fingerprint density at radius 3 is 2.62 bits per heavy atom. The van der Waals surface area contributed by atoms with E-state index in [0.29, 0.717) is 4.91 Å². The molecule has 2 heterocycles. The van der Waals surface area contributed by atoms with Crippen molar-refractivity contribution in [3.8, 4) is 0 Å². The van der Waals surface area contributed by atoms with E-state index in [2.05, 4.69) is 58.9 Å². The zero-order chi connectivity index (χ0) is 16.8. The highest BCUT2D eigenvalue weighted by Gasteiger charge is 2.25. The zero-order valence-corrected chi connectivity index (χ0v) is 14.6. The Morgan fingerprint density at radius 1 is 1.17 bits per heavy atom. The van der Waals surface area contributed by atoms with Gasteiger partial charge in [-0.25, -0.2) is 0 Å². The van der Waals surface area contributed by atoms with Crippen molar-refractivity contribution < 1.29 is 4.79 Å². The Labute approximate surface area is 144 Å². The number of aromatic nitrogens is 1. The van der Waals surface area contributed by atoms with Crippen molar-refractivity contribution in [2.24, 2.45) is 5.73 Å². The predicted molar refractivity (Wildman–Crippen MR) is 102 cm³/mol. The third kappa shape index (κ3) is 2.12. The van der Waals surface area contributed by atoms with Gasteiger partial charge in [-0.15, -0.1) is 0 Å². The molecule has 0 radical (unpaired) electrons. The van der Waals surface area contributed by atoms with Crippen molar-refractivity contribution in [3.63, 3.8) is 0 Å². The summed E-state index contributed by atoms with van der Waals surface area (Å²) in [5.74, 6) is 0.380. The fourth-order valence-electron chi connectivity index (χ4n) is 3.52. The number of benzene rings is 2. The minimum Gasteiger partial charge on any atom is -0.365 e. The third-order valence-electron chi connectivity index (χ3n) is 4.68. The average Bonchev–Trinajstić information content (AvgIpc) is 3.12. The molecule has 5 heteroatoms. The maximum absolute atomic E-state index is 11.5. The number of carbonyl (C=O) groups is 1. The number of nitrogens with zero attached hydrogens (tertiary/aromatic N) is 2. The van der Waals surface area contributed by atoms with Gasteiger partial charge in [-0.2, -0.15) is 0 Å². The number of allylic oxidation sites excluding steroid dienone is 1. The second kappa shape index (κ2) is 5.60. The molecule has 0 saturated carbocycles. The molecule has 0 fully saturated rings. The molecule has 0 unspecified atom stereocenters. The highest BCUT2D eigenvalue weighted by atomic mass is 32.2. The second-order valence-electron chi connectivity index (χ2n) is 5.94. The van der Waals surface area contributed by atoms with Crippen LogP contribution in [-0.4, -0.2) is 16.4 Å². The van der Waals surface area contributed by atoms with E-state index in [1.165, 1.54) is 33.6 Å². The van der Waals surface area contributed by atoms with E-state index in [-0.39, 0.29) is 5.91 Å². The number of primary amides is 1. The summed E-state index contributed by atoms with van der Waals surface area (Å²) in [6.07, 6.45) is 0. The Balaban J connectivity index is 1.91. The van der Waals surface area contributed by atoms with Gasteiger partial charge in [0.25, 0.3) is 5.91 Å². The average molecular weight is 337 g/mol.